The molecule has 0 radical (unpaired) electrons. The third kappa shape index (κ3) is 4.69. The largest absolute Gasteiger partial charge is 0.380 e. The third-order valence-electron chi connectivity index (χ3n) is 3.80. The van der Waals surface area contributed by atoms with Crippen LogP contribution in [0.2, 0.25) is 0 Å². The number of hydrogen-bond donors (Lipinski definition) is 1. The first-order valence-electron chi connectivity index (χ1n) is 7.62. The molecule has 2 aromatic rings. The smallest absolute Gasteiger partial charge is 0.0713 e. The predicted molar refractivity (Wildman–Crippen MR) is 88.2 cm³/mol. The highest BCUT2D eigenvalue weighted by atomic mass is 16.5. The van der Waals surface area contributed by atoms with Gasteiger partial charge < -0.3 is 10.1 Å². The summed E-state index contributed by atoms with van der Waals surface area (Å²) < 4.78 is 5.18. The van der Waals surface area contributed by atoms with Gasteiger partial charge in [0.2, 0.25) is 0 Å². The van der Waals surface area contributed by atoms with Crippen LogP contribution in [0.1, 0.15) is 42.1 Å². The summed E-state index contributed by atoms with van der Waals surface area (Å²) in [6.07, 6.45) is 1.09. The Bertz CT molecular complexity index is 548. The van der Waals surface area contributed by atoms with E-state index < -0.39 is 0 Å². The molecular weight excluding hydrogens is 258 g/mol. The number of methoxy groups -OCH3 is 1. The second-order valence-electron chi connectivity index (χ2n) is 5.45. The fraction of sp³-hybridized carbons (Fsp3) is 0.368. The van der Waals surface area contributed by atoms with Crippen molar-refractivity contribution in [3.05, 3.63) is 70.8 Å². The maximum Gasteiger partial charge on any atom is 0.0713 e. The monoisotopic (exact) mass is 283 g/mol. The maximum absolute atomic E-state index is 5.18. The highest BCUT2D eigenvalue weighted by Crippen LogP contribution is 2.15. The minimum atomic E-state index is 0.349. The molecule has 2 aromatic carbocycles. The number of rotatable bonds is 7. The molecule has 0 aliphatic heterocycles. The van der Waals surface area contributed by atoms with Crippen LogP contribution in [-0.2, 0) is 24.3 Å². The summed E-state index contributed by atoms with van der Waals surface area (Å²) in [7, 11) is 1.73. The number of benzene rings is 2. The Hall–Kier alpha value is -1.64. The van der Waals surface area contributed by atoms with E-state index in [0.717, 1.165) is 13.0 Å². The topological polar surface area (TPSA) is 21.3 Å². The van der Waals surface area contributed by atoms with Crippen LogP contribution in [0.15, 0.2) is 48.5 Å². The fourth-order valence-corrected chi connectivity index (χ4v) is 2.43. The van der Waals surface area contributed by atoms with Crippen molar-refractivity contribution >= 4 is 0 Å². The summed E-state index contributed by atoms with van der Waals surface area (Å²) in [5.74, 6) is 0. The van der Waals surface area contributed by atoms with Crippen LogP contribution >= 0.6 is 0 Å². The van der Waals surface area contributed by atoms with Crippen molar-refractivity contribution in [1.82, 2.24) is 5.32 Å². The second kappa shape index (κ2) is 7.96. The zero-order valence-electron chi connectivity index (χ0n) is 13.2. The van der Waals surface area contributed by atoms with Gasteiger partial charge in [-0.1, -0.05) is 55.5 Å². The Morgan fingerprint density at radius 2 is 1.71 bits per heavy atom. The van der Waals surface area contributed by atoms with E-state index in [1.54, 1.807) is 7.11 Å². The van der Waals surface area contributed by atoms with Gasteiger partial charge >= 0.3 is 0 Å². The molecule has 0 spiro atoms. The average Bonchev–Trinajstić information content (AvgIpc) is 2.53. The molecule has 0 aliphatic rings. The molecule has 0 fully saturated rings. The van der Waals surface area contributed by atoms with Crippen molar-refractivity contribution in [2.24, 2.45) is 0 Å². The quantitative estimate of drug-likeness (QED) is 0.820. The van der Waals surface area contributed by atoms with Crippen LogP contribution in [0.4, 0.5) is 0 Å². The maximum atomic E-state index is 5.18. The van der Waals surface area contributed by atoms with Crippen LogP contribution < -0.4 is 5.32 Å². The molecule has 21 heavy (non-hydrogen) atoms. The van der Waals surface area contributed by atoms with Crippen LogP contribution in [0.5, 0.6) is 0 Å². The SMILES string of the molecule is CCc1ccc(C(C)NCc2cccc(COC)c2)cc1. The summed E-state index contributed by atoms with van der Waals surface area (Å²) >= 11 is 0. The molecule has 2 nitrogen and oxygen atoms in total. The lowest BCUT2D eigenvalue weighted by Gasteiger charge is -2.15. The summed E-state index contributed by atoms with van der Waals surface area (Å²) in [5, 5.41) is 3.58. The van der Waals surface area contributed by atoms with E-state index in [4.69, 9.17) is 4.74 Å². The average molecular weight is 283 g/mol. The van der Waals surface area contributed by atoms with Gasteiger partial charge in [-0.15, -0.1) is 0 Å². The molecule has 0 aliphatic carbocycles. The van der Waals surface area contributed by atoms with E-state index in [2.05, 4.69) is 67.7 Å². The van der Waals surface area contributed by atoms with Gasteiger partial charge in [0.25, 0.3) is 0 Å². The van der Waals surface area contributed by atoms with Crippen LogP contribution in [0, 0.1) is 0 Å². The highest BCUT2D eigenvalue weighted by molar-refractivity contribution is 5.26. The van der Waals surface area contributed by atoms with Crippen molar-refractivity contribution in [3.8, 4) is 0 Å². The van der Waals surface area contributed by atoms with E-state index in [1.165, 1.54) is 22.3 Å². The molecule has 0 heterocycles. The van der Waals surface area contributed by atoms with E-state index >= 15 is 0 Å². The normalized spacial score (nSPS) is 12.3. The summed E-state index contributed by atoms with van der Waals surface area (Å²) in [6.45, 7) is 5.93. The Labute approximate surface area is 128 Å². The summed E-state index contributed by atoms with van der Waals surface area (Å²) in [6, 6.07) is 17.8. The fourth-order valence-electron chi connectivity index (χ4n) is 2.43. The molecule has 0 saturated heterocycles. The van der Waals surface area contributed by atoms with Gasteiger partial charge in [-0.2, -0.15) is 0 Å². The first kappa shape index (κ1) is 15.7. The summed E-state index contributed by atoms with van der Waals surface area (Å²) in [4.78, 5) is 0. The molecule has 0 amide bonds. The highest BCUT2D eigenvalue weighted by Gasteiger charge is 2.05. The molecule has 0 aromatic heterocycles. The Kier molecular flexibility index (Phi) is 5.97. The summed E-state index contributed by atoms with van der Waals surface area (Å²) in [5.41, 5.74) is 5.23. The Balaban J connectivity index is 1.93. The van der Waals surface area contributed by atoms with E-state index in [1.807, 2.05) is 0 Å². The zero-order chi connectivity index (χ0) is 15.1. The molecule has 0 bridgehead atoms. The van der Waals surface area contributed by atoms with Crippen molar-refractivity contribution in [3.63, 3.8) is 0 Å². The van der Waals surface area contributed by atoms with Crippen molar-refractivity contribution < 1.29 is 4.74 Å². The minimum absolute atomic E-state index is 0.349. The van der Waals surface area contributed by atoms with Crippen LogP contribution in [-0.4, -0.2) is 7.11 Å². The first-order valence-corrected chi connectivity index (χ1v) is 7.62. The van der Waals surface area contributed by atoms with Gasteiger partial charge in [-0.25, -0.2) is 0 Å². The lowest BCUT2D eigenvalue weighted by Crippen LogP contribution is -2.18. The van der Waals surface area contributed by atoms with Gasteiger partial charge in [-0.3, -0.25) is 0 Å². The second-order valence-corrected chi connectivity index (χ2v) is 5.45. The number of aryl methyl sites for hydroxylation is 1. The number of nitrogens with one attached hydrogen (secondary N) is 1. The molecule has 1 unspecified atom stereocenters. The van der Waals surface area contributed by atoms with Crippen LogP contribution in [0.25, 0.3) is 0 Å². The van der Waals surface area contributed by atoms with Gasteiger partial charge in [0.1, 0.15) is 0 Å². The Morgan fingerprint density at radius 3 is 2.38 bits per heavy atom. The lowest BCUT2D eigenvalue weighted by molar-refractivity contribution is 0.185. The lowest BCUT2D eigenvalue weighted by atomic mass is 10.0. The van der Waals surface area contributed by atoms with Gasteiger partial charge in [0.15, 0.2) is 0 Å². The third-order valence-corrected chi connectivity index (χ3v) is 3.80. The van der Waals surface area contributed by atoms with Gasteiger partial charge in [0, 0.05) is 19.7 Å². The zero-order valence-corrected chi connectivity index (χ0v) is 13.2. The molecular formula is C19H25NO. The standard InChI is InChI=1S/C19H25NO/c1-4-16-8-10-19(11-9-16)15(2)20-13-17-6-5-7-18(12-17)14-21-3/h5-12,15,20H,4,13-14H2,1-3H3. The number of ether oxygens (including phenoxy) is 1. The van der Waals surface area contributed by atoms with Crippen LogP contribution in [0.3, 0.4) is 0 Å². The van der Waals surface area contributed by atoms with E-state index in [-0.39, 0.29) is 0 Å². The van der Waals surface area contributed by atoms with Crippen molar-refractivity contribution in [2.45, 2.75) is 39.5 Å². The first-order chi connectivity index (χ1) is 10.2. The number of hydrogen-bond acceptors (Lipinski definition) is 2. The molecule has 2 heteroatoms. The molecule has 1 atom stereocenters. The van der Waals surface area contributed by atoms with E-state index in [0.29, 0.717) is 12.6 Å². The molecule has 1 N–H and O–H groups in total. The molecule has 0 saturated carbocycles. The molecule has 2 rings (SSSR count). The predicted octanol–water partition coefficient (Wildman–Crippen LogP) is 4.25. The van der Waals surface area contributed by atoms with Gasteiger partial charge in [-0.05, 0) is 35.6 Å². The van der Waals surface area contributed by atoms with Gasteiger partial charge in [0.05, 0.1) is 6.61 Å². The Morgan fingerprint density at radius 1 is 1.00 bits per heavy atom. The molecule has 112 valence electrons. The van der Waals surface area contributed by atoms with Crippen molar-refractivity contribution in [1.29, 1.82) is 0 Å². The minimum Gasteiger partial charge on any atom is -0.380 e. The van der Waals surface area contributed by atoms with Crippen molar-refractivity contribution in [2.75, 3.05) is 7.11 Å². The van der Waals surface area contributed by atoms with E-state index in [9.17, 15) is 0 Å².